The molecule has 0 amide bonds. The first-order valence-electron chi connectivity index (χ1n) is 5.43. The first-order chi connectivity index (χ1) is 8.24. The van der Waals surface area contributed by atoms with Crippen LogP contribution >= 0.6 is 0 Å². The molecule has 0 saturated heterocycles. The van der Waals surface area contributed by atoms with Crippen LogP contribution in [0.1, 0.15) is 11.7 Å². The van der Waals surface area contributed by atoms with E-state index in [0.717, 1.165) is 16.5 Å². The number of para-hydroxylation sites is 2. The van der Waals surface area contributed by atoms with Crippen molar-refractivity contribution in [1.82, 2.24) is 10.1 Å². The summed E-state index contributed by atoms with van der Waals surface area (Å²) in [4.78, 5) is 4.19. The number of benzene rings is 1. The Hall–Kier alpha value is -2.08. The van der Waals surface area contributed by atoms with Gasteiger partial charge in [0, 0.05) is 6.92 Å². The molecular formula is C11H13N5O. The van der Waals surface area contributed by atoms with Gasteiger partial charge < -0.3 is 9.95 Å². The summed E-state index contributed by atoms with van der Waals surface area (Å²) in [6, 6.07) is 8.04. The van der Waals surface area contributed by atoms with E-state index < -0.39 is 0 Å². The van der Waals surface area contributed by atoms with Gasteiger partial charge in [0.25, 0.3) is 0 Å². The molecule has 0 fully saturated rings. The minimum atomic E-state index is 0.582. The SMILES string of the molecule is Cc1nc(C[NH+]2[N-]c3ccccc3N2C)no1. The molecule has 1 unspecified atom stereocenters. The molecule has 88 valence electrons. The number of quaternary nitrogens is 1. The third-order valence-electron chi connectivity index (χ3n) is 2.77. The van der Waals surface area contributed by atoms with E-state index in [9.17, 15) is 0 Å². The van der Waals surface area contributed by atoms with E-state index in [0.29, 0.717) is 18.3 Å². The van der Waals surface area contributed by atoms with Crippen molar-refractivity contribution in [3.8, 4) is 0 Å². The maximum Gasteiger partial charge on any atom is 0.228 e. The number of aryl methyl sites for hydroxylation is 1. The molecule has 1 atom stereocenters. The van der Waals surface area contributed by atoms with Crippen molar-refractivity contribution in [3.63, 3.8) is 0 Å². The zero-order chi connectivity index (χ0) is 11.8. The Morgan fingerprint density at radius 2 is 2.24 bits per heavy atom. The number of hydrogen-bond donors (Lipinski definition) is 1. The fourth-order valence-electron chi connectivity index (χ4n) is 1.91. The fraction of sp³-hybridized carbons (Fsp3) is 0.273. The van der Waals surface area contributed by atoms with Crippen LogP contribution in [0.25, 0.3) is 5.43 Å². The Kier molecular flexibility index (Phi) is 2.22. The maximum atomic E-state index is 4.95. The van der Waals surface area contributed by atoms with Gasteiger partial charge in [0.05, 0.1) is 12.7 Å². The largest absolute Gasteiger partial charge is 0.460 e. The van der Waals surface area contributed by atoms with Gasteiger partial charge in [0.15, 0.2) is 6.54 Å². The molecular weight excluding hydrogens is 218 g/mol. The Balaban J connectivity index is 1.80. The van der Waals surface area contributed by atoms with Crippen LogP contribution < -0.4 is 10.1 Å². The molecule has 1 aromatic carbocycles. The summed E-state index contributed by atoms with van der Waals surface area (Å²) in [6.45, 7) is 2.37. The number of hydrogen-bond acceptors (Lipinski definition) is 4. The molecule has 1 N–H and O–H groups in total. The summed E-state index contributed by atoms with van der Waals surface area (Å²) in [5, 5.41) is 6.88. The molecule has 1 aromatic heterocycles. The molecule has 2 heterocycles. The zero-order valence-corrected chi connectivity index (χ0v) is 9.71. The molecule has 0 radical (unpaired) electrons. The summed E-state index contributed by atoms with van der Waals surface area (Å²) in [7, 11) is 2.00. The van der Waals surface area contributed by atoms with Crippen molar-refractivity contribution in [2.45, 2.75) is 13.5 Å². The zero-order valence-electron chi connectivity index (χ0n) is 9.71. The van der Waals surface area contributed by atoms with Crippen LogP contribution in [0.3, 0.4) is 0 Å². The van der Waals surface area contributed by atoms with E-state index >= 15 is 0 Å². The van der Waals surface area contributed by atoms with Crippen molar-refractivity contribution >= 4 is 11.4 Å². The highest BCUT2D eigenvalue weighted by atomic mass is 16.5. The Morgan fingerprint density at radius 3 is 2.94 bits per heavy atom. The van der Waals surface area contributed by atoms with Gasteiger partial charge in [-0.2, -0.15) is 4.98 Å². The fourth-order valence-corrected chi connectivity index (χ4v) is 1.91. The van der Waals surface area contributed by atoms with Crippen LogP contribution in [-0.2, 0) is 6.54 Å². The number of aromatic nitrogens is 2. The molecule has 0 aliphatic carbocycles. The van der Waals surface area contributed by atoms with Crippen LogP contribution in [0.4, 0.5) is 11.4 Å². The quantitative estimate of drug-likeness (QED) is 0.828. The van der Waals surface area contributed by atoms with Crippen molar-refractivity contribution in [2.75, 3.05) is 12.1 Å². The van der Waals surface area contributed by atoms with Crippen LogP contribution in [0.2, 0.25) is 0 Å². The minimum absolute atomic E-state index is 0.582. The van der Waals surface area contributed by atoms with Gasteiger partial charge in [0.2, 0.25) is 11.7 Å². The standard InChI is InChI=1S/C11H13N5O/c1-8-12-11(14-17-8)7-16-13-9-5-3-4-6-10(9)15(16)2/h3-6,16H,7H2,1-2H3. The third kappa shape index (κ3) is 1.72. The number of nitrogens with one attached hydrogen (secondary N) is 1. The minimum Gasteiger partial charge on any atom is -0.460 e. The first-order valence-corrected chi connectivity index (χ1v) is 5.43. The molecule has 17 heavy (non-hydrogen) atoms. The summed E-state index contributed by atoms with van der Waals surface area (Å²) >= 11 is 0. The van der Waals surface area contributed by atoms with Crippen molar-refractivity contribution < 1.29 is 9.64 Å². The van der Waals surface area contributed by atoms with Gasteiger partial charge in [-0.15, -0.1) is 0 Å². The van der Waals surface area contributed by atoms with Gasteiger partial charge in [-0.3, -0.25) is 5.12 Å². The van der Waals surface area contributed by atoms with Gasteiger partial charge in [-0.05, 0) is 6.07 Å². The predicted octanol–water partition coefficient (Wildman–Crippen LogP) is 0.748. The smallest absolute Gasteiger partial charge is 0.228 e. The lowest BCUT2D eigenvalue weighted by Gasteiger charge is -2.28. The van der Waals surface area contributed by atoms with E-state index in [1.54, 1.807) is 6.92 Å². The van der Waals surface area contributed by atoms with Crippen LogP contribution in [-0.4, -0.2) is 17.2 Å². The van der Waals surface area contributed by atoms with Crippen molar-refractivity contribution in [3.05, 3.63) is 41.4 Å². The van der Waals surface area contributed by atoms with Gasteiger partial charge in [-0.25, -0.2) is 5.01 Å². The molecule has 1 aliphatic heterocycles. The highest BCUT2D eigenvalue weighted by Gasteiger charge is 2.20. The summed E-state index contributed by atoms with van der Waals surface area (Å²) in [6.07, 6.45) is 0. The predicted molar refractivity (Wildman–Crippen MR) is 61.6 cm³/mol. The van der Waals surface area contributed by atoms with E-state index in [1.165, 1.54) is 0 Å². The average molecular weight is 231 g/mol. The second kappa shape index (κ2) is 3.74. The lowest BCUT2D eigenvalue weighted by atomic mass is 10.3. The lowest BCUT2D eigenvalue weighted by molar-refractivity contribution is -0.876. The van der Waals surface area contributed by atoms with Crippen molar-refractivity contribution in [1.29, 1.82) is 0 Å². The Morgan fingerprint density at radius 1 is 1.41 bits per heavy atom. The van der Waals surface area contributed by atoms with Gasteiger partial charge >= 0.3 is 0 Å². The van der Waals surface area contributed by atoms with E-state index in [1.807, 2.05) is 31.3 Å². The molecule has 6 nitrogen and oxygen atoms in total. The van der Waals surface area contributed by atoms with Crippen molar-refractivity contribution in [2.24, 2.45) is 0 Å². The maximum absolute atomic E-state index is 4.95. The van der Waals surface area contributed by atoms with Crippen LogP contribution in [0.15, 0.2) is 28.8 Å². The Labute approximate surface area is 98.8 Å². The van der Waals surface area contributed by atoms with E-state index in [2.05, 4.69) is 20.6 Å². The summed E-state index contributed by atoms with van der Waals surface area (Å²) in [5.74, 6) is 1.25. The molecule has 0 saturated carbocycles. The van der Waals surface area contributed by atoms with Gasteiger partial charge in [0.1, 0.15) is 0 Å². The molecule has 3 rings (SSSR count). The van der Waals surface area contributed by atoms with Crippen LogP contribution in [0.5, 0.6) is 0 Å². The van der Waals surface area contributed by atoms with E-state index in [4.69, 9.17) is 4.52 Å². The lowest BCUT2D eigenvalue weighted by Crippen LogP contribution is -3.12. The number of anilines is 1. The number of rotatable bonds is 2. The molecule has 0 spiro atoms. The number of fused-ring (bicyclic) bond motifs is 1. The third-order valence-corrected chi connectivity index (χ3v) is 2.77. The molecule has 6 heteroatoms. The van der Waals surface area contributed by atoms with Gasteiger partial charge in [-0.1, -0.05) is 29.0 Å². The molecule has 1 aliphatic rings. The average Bonchev–Trinajstić information content (AvgIpc) is 2.86. The first kappa shape index (κ1) is 10.1. The Bertz CT molecular complexity index is 538. The topological polar surface area (TPSA) is 60.7 Å². The second-order valence-electron chi connectivity index (χ2n) is 3.98. The number of nitrogens with zero attached hydrogens (tertiary/aromatic N) is 4. The highest BCUT2D eigenvalue weighted by Crippen LogP contribution is 2.31. The van der Waals surface area contributed by atoms with Crippen LogP contribution in [0, 0.1) is 6.92 Å². The summed E-state index contributed by atoms with van der Waals surface area (Å²) < 4.78 is 4.95. The highest BCUT2D eigenvalue weighted by molar-refractivity contribution is 5.72. The molecule has 2 aromatic rings. The monoisotopic (exact) mass is 231 g/mol. The molecule has 0 bridgehead atoms. The van der Waals surface area contributed by atoms with E-state index in [-0.39, 0.29) is 0 Å². The second-order valence-corrected chi connectivity index (χ2v) is 3.98. The summed E-state index contributed by atoms with van der Waals surface area (Å²) in [5.41, 5.74) is 6.66. The normalized spacial score (nSPS) is 18.0.